The maximum Gasteiger partial charge on any atom is 0.328 e. The van der Waals surface area contributed by atoms with Gasteiger partial charge in [-0.1, -0.05) is 37.1 Å². The number of carbonyl (C=O) groups is 4. The highest BCUT2D eigenvalue weighted by Gasteiger charge is 2.55. The first-order valence-electron chi connectivity index (χ1n) is 14.3. The van der Waals surface area contributed by atoms with Crippen molar-refractivity contribution < 1.29 is 29.0 Å². The average Bonchev–Trinajstić information content (AvgIpc) is 3.74. The lowest BCUT2D eigenvalue weighted by atomic mass is 10.0. The molecule has 11 nitrogen and oxygen atoms in total. The fraction of sp³-hybridized carbons (Fsp3) is 0.484. The highest BCUT2D eigenvalue weighted by Crippen LogP contribution is 2.38. The zero-order chi connectivity index (χ0) is 30.6. The van der Waals surface area contributed by atoms with Crippen LogP contribution in [-0.2, 0) is 16.1 Å². The molecule has 4 rings (SSSR count). The predicted molar refractivity (Wildman–Crippen MR) is 159 cm³/mol. The highest BCUT2D eigenvalue weighted by atomic mass is 16.5. The number of methoxy groups -OCH3 is 1. The minimum Gasteiger partial charge on any atom is -0.495 e. The molecular formula is C31H41N5O6. The van der Waals surface area contributed by atoms with Gasteiger partial charge in [-0.05, 0) is 75.8 Å². The minimum atomic E-state index is -1.19. The molecule has 0 bridgehead atoms. The lowest BCUT2D eigenvalue weighted by Crippen LogP contribution is -2.52. The molecule has 1 saturated heterocycles. The van der Waals surface area contributed by atoms with Gasteiger partial charge in [-0.15, -0.1) is 0 Å². The summed E-state index contributed by atoms with van der Waals surface area (Å²) in [4.78, 5) is 55.9. The summed E-state index contributed by atoms with van der Waals surface area (Å²) < 4.78 is 5.53. The zero-order valence-electron chi connectivity index (χ0n) is 24.9. The van der Waals surface area contributed by atoms with Gasteiger partial charge < -0.3 is 30.7 Å². The van der Waals surface area contributed by atoms with Crippen LogP contribution in [0.4, 0.5) is 21.0 Å². The summed E-state index contributed by atoms with van der Waals surface area (Å²) in [6.45, 7) is 7.05. The van der Waals surface area contributed by atoms with Crippen LogP contribution in [0.3, 0.4) is 0 Å². The number of urea groups is 2. The topological polar surface area (TPSA) is 140 Å². The molecule has 2 aromatic rings. The number of imide groups is 1. The number of nitrogens with one attached hydrogen (secondary N) is 3. The van der Waals surface area contributed by atoms with E-state index in [1.165, 1.54) is 12.0 Å². The van der Waals surface area contributed by atoms with Crippen LogP contribution in [0.2, 0.25) is 0 Å². The first-order valence-corrected chi connectivity index (χ1v) is 14.3. The maximum atomic E-state index is 13.8. The van der Waals surface area contributed by atoms with Crippen molar-refractivity contribution in [2.24, 2.45) is 5.92 Å². The van der Waals surface area contributed by atoms with Crippen LogP contribution in [0.15, 0.2) is 42.5 Å². The van der Waals surface area contributed by atoms with E-state index in [-0.39, 0.29) is 25.1 Å². The molecule has 2 aliphatic rings. The number of aliphatic hydroxyl groups is 1. The fourth-order valence-electron chi connectivity index (χ4n) is 5.12. The second-order valence-corrected chi connectivity index (χ2v) is 11.6. The molecule has 6 amide bonds. The van der Waals surface area contributed by atoms with Crippen LogP contribution in [0, 0.1) is 12.8 Å². The molecule has 4 N–H and O–H groups in total. The van der Waals surface area contributed by atoms with E-state index in [0.29, 0.717) is 41.4 Å². The Hall–Kier alpha value is -4.12. The number of hydrogen-bond donors (Lipinski definition) is 4. The Labute approximate surface area is 246 Å². The Morgan fingerprint density at radius 3 is 2.43 bits per heavy atom. The van der Waals surface area contributed by atoms with E-state index < -0.39 is 29.6 Å². The lowest BCUT2D eigenvalue weighted by Gasteiger charge is -2.28. The van der Waals surface area contributed by atoms with Crippen molar-refractivity contribution in [2.75, 3.05) is 24.4 Å². The molecule has 2 aromatic carbocycles. The Morgan fingerprint density at radius 1 is 1.10 bits per heavy atom. The van der Waals surface area contributed by atoms with E-state index in [1.54, 1.807) is 39.0 Å². The predicted octanol–water partition coefficient (Wildman–Crippen LogP) is 4.25. The van der Waals surface area contributed by atoms with Gasteiger partial charge in [0.05, 0.1) is 12.8 Å². The number of ether oxygens (including phenoxy) is 1. The first-order chi connectivity index (χ1) is 20.0. The van der Waals surface area contributed by atoms with Gasteiger partial charge in [-0.2, -0.15) is 0 Å². The molecule has 1 aliphatic heterocycles. The monoisotopic (exact) mass is 579 g/mol. The van der Waals surface area contributed by atoms with E-state index >= 15 is 0 Å². The molecule has 0 radical (unpaired) electrons. The van der Waals surface area contributed by atoms with Crippen molar-refractivity contribution in [3.8, 4) is 5.75 Å². The van der Waals surface area contributed by atoms with Crippen molar-refractivity contribution in [2.45, 2.75) is 77.5 Å². The lowest BCUT2D eigenvalue weighted by molar-refractivity contribution is -0.139. The Bertz CT molecular complexity index is 1340. The highest BCUT2D eigenvalue weighted by molar-refractivity contribution is 6.09. The third kappa shape index (κ3) is 6.84. The number of aryl methyl sites for hydroxylation is 1. The van der Waals surface area contributed by atoms with Crippen LogP contribution < -0.4 is 20.7 Å². The smallest absolute Gasteiger partial charge is 0.328 e. The number of amides is 6. The standard InChI is InChI=1S/C31H41N5O6/c1-19-8-6-7-9-23(19)33-29(40)34-24-13-12-22(17-26(24)42-5)18-35-30(41)36(28(39)31(35,3)4)25(16-21-10-11-21)27(38)32-20(2)14-15-37/h6-9,12-13,17,20-21,25,37H,10-11,14-16,18H2,1-5H3,(H,32,38)(H2,33,34,40)/t20-,25+/m1/s1. The van der Waals surface area contributed by atoms with Gasteiger partial charge in [0.15, 0.2) is 0 Å². The van der Waals surface area contributed by atoms with Crippen LogP contribution in [-0.4, -0.2) is 70.1 Å². The Morgan fingerprint density at radius 2 is 1.79 bits per heavy atom. The van der Waals surface area contributed by atoms with Crippen molar-refractivity contribution in [3.63, 3.8) is 0 Å². The summed E-state index contributed by atoms with van der Waals surface area (Å²) in [5, 5.41) is 17.7. The molecule has 1 saturated carbocycles. The van der Waals surface area contributed by atoms with E-state index in [9.17, 15) is 24.3 Å². The normalized spacial score (nSPS) is 17.6. The Balaban J connectivity index is 1.51. The van der Waals surface area contributed by atoms with Crippen LogP contribution in [0.5, 0.6) is 5.75 Å². The molecule has 0 unspecified atom stereocenters. The first kappa shape index (κ1) is 30.8. The number of benzene rings is 2. The number of hydrogen-bond acceptors (Lipinski definition) is 6. The summed E-state index contributed by atoms with van der Waals surface area (Å²) in [7, 11) is 1.48. The average molecular weight is 580 g/mol. The molecule has 11 heteroatoms. The minimum absolute atomic E-state index is 0.0771. The largest absolute Gasteiger partial charge is 0.495 e. The van der Waals surface area contributed by atoms with Gasteiger partial charge in [0.2, 0.25) is 5.91 Å². The fourth-order valence-corrected chi connectivity index (χ4v) is 5.12. The molecule has 226 valence electrons. The molecule has 0 aromatic heterocycles. The Kier molecular flexibility index (Phi) is 9.40. The zero-order valence-corrected chi connectivity index (χ0v) is 24.9. The number of para-hydroxylation sites is 1. The van der Waals surface area contributed by atoms with E-state index in [1.807, 2.05) is 31.2 Å². The van der Waals surface area contributed by atoms with Gasteiger partial charge in [-0.25, -0.2) is 14.5 Å². The number of aliphatic hydroxyl groups excluding tert-OH is 1. The molecule has 1 aliphatic carbocycles. The SMILES string of the molecule is COc1cc(CN2C(=O)N([C@@H](CC3CC3)C(=O)N[C@H](C)CCO)C(=O)C2(C)C)ccc1NC(=O)Nc1ccccc1C. The molecule has 2 fully saturated rings. The molecule has 1 heterocycles. The quantitative estimate of drug-likeness (QED) is 0.277. The van der Waals surface area contributed by atoms with Crippen molar-refractivity contribution in [1.82, 2.24) is 15.1 Å². The van der Waals surface area contributed by atoms with Gasteiger partial charge in [0, 0.05) is 24.9 Å². The maximum absolute atomic E-state index is 13.8. The number of rotatable bonds is 12. The second kappa shape index (κ2) is 12.8. The van der Waals surface area contributed by atoms with Crippen LogP contribution in [0.1, 0.15) is 57.6 Å². The number of anilines is 2. The number of carbonyl (C=O) groups excluding carboxylic acids is 4. The molecular weight excluding hydrogens is 538 g/mol. The molecule has 2 atom stereocenters. The van der Waals surface area contributed by atoms with Gasteiger partial charge in [0.25, 0.3) is 5.91 Å². The molecule has 0 spiro atoms. The van der Waals surface area contributed by atoms with Gasteiger partial charge in [-0.3, -0.25) is 9.59 Å². The van der Waals surface area contributed by atoms with Gasteiger partial charge >= 0.3 is 12.1 Å². The summed E-state index contributed by atoms with van der Waals surface area (Å²) in [5.41, 5.74) is 1.55. The summed E-state index contributed by atoms with van der Waals surface area (Å²) in [6.07, 6.45) is 2.71. The number of nitrogens with zero attached hydrogens (tertiary/aromatic N) is 2. The van der Waals surface area contributed by atoms with E-state index in [0.717, 1.165) is 23.3 Å². The van der Waals surface area contributed by atoms with Crippen molar-refractivity contribution in [3.05, 3.63) is 53.6 Å². The van der Waals surface area contributed by atoms with Crippen LogP contribution >= 0.6 is 0 Å². The van der Waals surface area contributed by atoms with Crippen LogP contribution in [0.25, 0.3) is 0 Å². The van der Waals surface area contributed by atoms with Gasteiger partial charge in [0.1, 0.15) is 17.3 Å². The summed E-state index contributed by atoms with van der Waals surface area (Å²) in [6, 6.07) is 10.4. The third-order valence-corrected chi connectivity index (χ3v) is 7.92. The van der Waals surface area contributed by atoms with Crippen molar-refractivity contribution >= 4 is 35.3 Å². The van der Waals surface area contributed by atoms with E-state index in [2.05, 4.69) is 16.0 Å². The summed E-state index contributed by atoms with van der Waals surface area (Å²) in [5.74, 6) is -0.132. The third-order valence-electron chi connectivity index (χ3n) is 7.92. The van der Waals surface area contributed by atoms with E-state index in [4.69, 9.17) is 4.74 Å². The second-order valence-electron chi connectivity index (χ2n) is 11.6. The molecule has 42 heavy (non-hydrogen) atoms. The van der Waals surface area contributed by atoms with Crippen molar-refractivity contribution in [1.29, 1.82) is 0 Å². The summed E-state index contributed by atoms with van der Waals surface area (Å²) >= 11 is 0.